The number of hydrogen-bond donors (Lipinski definition) is 0. The molecule has 0 radical (unpaired) electrons. The zero-order chi connectivity index (χ0) is 18.3. The van der Waals surface area contributed by atoms with Gasteiger partial charge in [-0.3, -0.25) is 0 Å². The molecule has 5 nitrogen and oxygen atoms in total. The van der Waals surface area contributed by atoms with Crippen LogP contribution in [0, 0.1) is 0 Å². The van der Waals surface area contributed by atoms with Gasteiger partial charge in [0.05, 0.1) is 7.11 Å². The first-order valence-electron chi connectivity index (χ1n) is 8.02. The second kappa shape index (κ2) is 8.96. The van der Waals surface area contributed by atoms with Crippen molar-refractivity contribution in [3.8, 4) is 0 Å². The third-order valence-electron chi connectivity index (χ3n) is 4.43. The first-order chi connectivity index (χ1) is 10.5. The van der Waals surface area contributed by atoms with Gasteiger partial charge in [0.2, 0.25) is 6.10 Å². The topological polar surface area (TPSA) is 54.0 Å². The summed E-state index contributed by atoms with van der Waals surface area (Å²) >= 11 is 0. The van der Waals surface area contributed by atoms with Gasteiger partial charge in [-0.15, -0.1) is 0 Å². The van der Waals surface area contributed by atoms with Gasteiger partial charge in [-0.1, -0.05) is 39.8 Å². The van der Waals surface area contributed by atoms with E-state index < -0.39 is 26.2 Å². The second-order valence-electron chi connectivity index (χ2n) is 7.10. The lowest BCUT2D eigenvalue weighted by Crippen LogP contribution is -2.59. The molecular weight excluding hydrogens is 312 g/mol. The molecule has 0 N–H and O–H groups in total. The third kappa shape index (κ3) is 5.71. The molecule has 0 aromatic heterocycles. The van der Waals surface area contributed by atoms with Crippen molar-refractivity contribution >= 4 is 14.3 Å². The number of carbonyl (C=O) groups excluding carboxylic acids is 1. The van der Waals surface area contributed by atoms with Crippen LogP contribution >= 0.6 is 0 Å². The Morgan fingerprint density at radius 1 is 1.13 bits per heavy atom. The Kier molecular flexibility index (Phi) is 8.69. The Morgan fingerprint density at radius 3 is 2.04 bits per heavy atom. The third-order valence-corrected chi connectivity index (χ3v) is 8.90. The molecule has 0 aliphatic heterocycles. The molecule has 23 heavy (non-hydrogen) atoms. The smallest absolute Gasteiger partial charge is 0.340 e. The number of hydrogen-bond acceptors (Lipinski definition) is 5. The van der Waals surface area contributed by atoms with E-state index in [4.69, 9.17) is 18.6 Å². The SMILES string of the molecule is CC/C=C/CC(OC)(O[Si](C)(C)C(C)(C)C)C(OC)C(=O)OC. The highest BCUT2D eigenvalue weighted by atomic mass is 28.4. The van der Waals surface area contributed by atoms with E-state index in [2.05, 4.69) is 33.9 Å². The van der Waals surface area contributed by atoms with Crippen LogP contribution in [0.1, 0.15) is 40.5 Å². The van der Waals surface area contributed by atoms with Crippen LogP contribution in [0.15, 0.2) is 12.2 Å². The van der Waals surface area contributed by atoms with E-state index in [1.807, 2.05) is 19.1 Å². The van der Waals surface area contributed by atoms with E-state index in [1.165, 1.54) is 14.2 Å². The minimum atomic E-state index is -2.21. The summed E-state index contributed by atoms with van der Waals surface area (Å²) in [5, 5.41) is -0.0281. The maximum absolute atomic E-state index is 12.2. The predicted octanol–water partition coefficient (Wildman–Crippen LogP) is 3.90. The van der Waals surface area contributed by atoms with Crippen LogP contribution in [0.5, 0.6) is 0 Å². The first kappa shape index (κ1) is 22.3. The summed E-state index contributed by atoms with van der Waals surface area (Å²) in [7, 11) is 2.14. The van der Waals surface area contributed by atoms with Gasteiger partial charge in [0.25, 0.3) is 0 Å². The quantitative estimate of drug-likeness (QED) is 0.274. The van der Waals surface area contributed by atoms with Crippen molar-refractivity contribution in [1.82, 2.24) is 0 Å². The van der Waals surface area contributed by atoms with Crippen molar-refractivity contribution in [3.05, 3.63) is 12.2 Å². The highest BCUT2D eigenvalue weighted by molar-refractivity contribution is 6.74. The molecule has 6 heteroatoms. The van der Waals surface area contributed by atoms with E-state index in [0.717, 1.165) is 6.42 Å². The molecule has 0 saturated carbocycles. The fourth-order valence-corrected chi connectivity index (χ4v) is 3.44. The fourth-order valence-electron chi connectivity index (χ4n) is 2.00. The monoisotopic (exact) mass is 346 g/mol. The van der Waals surface area contributed by atoms with E-state index >= 15 is 0 Å². The van der Waals surface area contributed by atoms with Crippen LogP contribution < -0.4 is 0 Å². The van der Waals surface area contributed by atoms with Crippen LogP contribution in [-0.4, -0.2) is 47.5 Å². The largest absolute Gasteiger partial charge is 0.467 e. The Bertz CT molecular complexity index is 400. The minimum absolute atomic E-state index is 0.0281. The maximum atomic E-state index is 12.2. The van der Waals surface area contributed by atoms with E-state index in [0.29, 0.717) is 6.42 Å². The Balaban J connectivity index is 5.84. The second-order valence-corrected chi connectivity index (χ2v) is 11.8. The van der Waals surface area contributed by atoms with Gasteiger partial charge in [-0.05, 0) is 24.6 Å². The molecule has 0 fully saturated rings. The van der Waals surface area contributed by atoms with Crippen LogP contribution in [-0.2, 0) is 23.4 Å². The minimum Gasteiger partial charge on any atom is -0.467 e. The zero-order valence-electron chi connectivity index (χ0n) is 16.2. The number of esters is 1. The molecule has 136 valence electrons. The number of rotatable bonds is 9. The number of ether oxygens (including phenoxy) is 3. The van der Waals surface area contributed by atoms with E-state index in [-0.39, 0.29) is 5.04 Å². The maximum Gasteiger partial charge on any atom is 0.340 e. The average Bonchev–Trinajstić information content (AvgIpc) is 2.46. The van der Waals surface area contributed by atoms with E-state index in [1.54, 1.807) is 7.11 Å². The van der Waals surface area contributed by atoms with Crippen molar-refractivity contribution in [3.63, 3.8) is 0 Å². The van der Waals surface area contributed by atoms with Gasteiger partial charge in [-0.25, -0.2) is 4.79 Å². The van der Waals surface area contributed by atoms with Crippen molar-refractivity contribution in [2.75, 3.05) is 21.3 Å². The Labute approximate surface area is 142 Å². The summed E-state index contributed by atoms with van der Waals surface area (Å²) in [6.07, 6.45) is 4.35. The number of carbonyl (C=O) groups is 1. The summed E-state index contributed by atoms with van der Waals surface area (Å²) in [5.41, 5.74) is 0. The molecule has 0 aliphatic rings. The number of allylic oxidation sites excluding steroid dienone is 1. The molecule has 0 bridgehead atoms. The van der Waals surface area contributed by atoms with Crippen molar-refractivity contribution in [2.24, 2.45) is 0 Å². The van der Waals surface area contributed by atoms with Crippen molar-refractivity contribution < 1.29 is 23.4 Å². The van der Waals surface area contributed by atoms with Gasteiger partial charge in [0.15, 0.2) is 14.1 Å². The fraction of sp³-hybridized carbons (Fsp3) is 0.824. The molecule has 0 heterocycles. The normalized spacial score (nSPS) is 17.1. The van der Waals surface area contributed by atoms with Crippen LogP contribution in [0.25, 0.3) is 0 Å². The standard InChI is InChI=1S/C17H34O5Si/c1-10-11-12-13-17(21-7,14(19-5)15(18)20-6)22-23(8,9)16(2,3)4/h11-12,14H,10,13H2,1-9H3/b12-11+. The van der Waals surface area contributed by atoms with Gasteiger partial charge in [-0.2, -0.15) is 0 Å². The van der Waals surface area contributed by atoms with Crippen molar-refractivity contribution in [2.45, 2.75) is 70.6 Å². The van der Waals surface area contributed by atoms with Gasteiger partial charge < -0.3 is 18.6 Å². The Morgan fingerprint density at radius 2 is 1.70 bits per heavy atom. The molecule has 0 rings (SSSR count). The first-order valence-corrected chi connectivity index (χ1v) is 10.9. The zero-order valence-corrected chi connectivity index (χ0v) is 17.2. The summed E-state index contributed by atoms with van der Waals surface area (Å²) in [4.78, 5) is 12.2. The Hall–Kier alpha value is -0.693. The van der Waals surface area contributed by atoms with Gasteiger partial charge in [0.1, 0.15) is 0 Å². The number of methoxy groups -OCH3 is 3. The molecule has 2 atom stereocenters. The lowest BCUT2D eigenvalue weighted by Gasteiger charge is -2.46. The van der Waals surface area contributed by atoms with Gasteiger partial charge in [0, 0.05) is 20.6 Å². The molecule has 2 unspecified atom stereocenters. The predicted molar refractivity (Wildman–Crippen MR) is 94.9 cm³/mol. The molecule has 0 saturated heterocycles. The molecular formula is C17H34O5Si. The van der Waals surface area contributed by atoms with Crippen LogP contribution in [0.3, 0.4) is 0 Å². The summed E-state index contributed by atoms with van der Waals surface area (Å²) in [6.45, 7) is 12.7. The molecule has 0 aliphatic carbocycles. The van der Waals surface area contributed by atoms with Gasteiger partial charge >= 0.3 is 5.97 Å². The summed E-state index contributed by atoms with van der Waals surface area (Å²) in [5.74, 6) is -1.70. The van der Waals surface area contributed by atoms with Crippen LogP contribution in [0.2, 0.25) is 18.1 Å². The highest BCUT2D eigenvalue weighted by Gasteiger charge is 2.52. The highest BCUT2D eigenvalue weighted by Crippen LogP contribution is 2.41. The molecule has 0 aromatic rings. The average molecular weight is 347 g/mol. The molecule has 0 amide bonds. The molecule has 0 aromatic carbocycles. The van der Waals surface area contributed by atoms with Crippen molar-refractivity contribution in [1.29, 1.82) is 0 Å². The molecule has 0 spiro atoms. The van der Waals surface area contributed by atoms with E-state index in [9.17, 15) is 4.79 Å². The van der Waals surface area contributed by atoms with Crippen LogP contribution in [0.4, 0.5) is 0 Å². The lowest BCUT2D eigenvalue weighted by atomic mass is 10.1. The summed E-state index contributed by atoms with van der Waals surface area (Å²) in [6, 6.07) is 0. The summed E-state index contributed by atoms with van der Waals surface area (Å²) < 4.78 is 22.5. The lowest BCUT2D eigenvalue weighted by molar-refractivity contribution is -0.240.